The number of rotatable bonds is 7. The van der Waals surface area contributed by atoms with E-state index in [9.17, 15) is 10.1 Å². The average molecular weight is 292 g/mol. The third kappa shape index (κ3) is 4.36. The van der Waals surface area contributed by atoms with Crippen LogP contribution in [0.2, 0.25) is 0 Å². The second-order valence-corrected chi connectivity index (χ2v) is 4.55. The molecule has 6 nitrogen and oxygen atoms in total. The predicted molar refractivity (Wildman–Crippen MR) is 79.8 cm³/mol. The Balaban J connectivity index is 2.97. The van der Waals surface area contributed by atoms with Crippen LogP contribution >= 0.6 is 0 Å². The molecular formula is C15H22N3O3+. The molecule has 1 aromatic rings. The van der Waals surface area contributed by atoms with E-state index in [-0.39, 0.29) is 5.91 Å². The maximum absolute atomic E-state index is 12.0. The molecule has 0 heterocycles. The van der Waals surface area contributed by atoms with E-state index in [0.29, 0.717) is 29.3 Å². The van der Waals surface area contributed by atoms with Crippen molar-refractivity contribution < 1.29 is 19.2 Å². The van der Waals surface area contributed by atoms with E-state index < -0.39 is 0 Å². The summed E-state index contributed by atoms with van der Waals surface area (Å²) in [6.45, 7) is 6.18. The zero-order chi connectivity index (χ0) is 15.8. The zero-order valence-electron chi connectivity index (χ0n) is 12.9. The van der Waals surface area contributed by atoms with Crippen LogP contribution < -0.4 is 19.7 Å². The number of quaternary nitrogens is 1. The van der Waals surface area contributed by atoms with Crippen LogP contribution in [0.15, 0.2) is 12.1 Å². The maximum Gasteiger partial charge on any atom is 0.279 e. The number of carbonyl (C=O) groups excluding carboxylic acids is 1. The molecule has 0 atom stereocenters. The summed E-state index contributed by atoms with van der Waals surface area (Å²) in [7, 11) is 3.01. The lowest BCUT2D eigenvalue weighted by atomic mass is 10.1. The van der Waals surface area contributed by atoms with Crippen molar-refractivity contribution in [1.29, 1.82) is 5.26 Å². The lowest BCUT2D eigenvalue weighted by molar-refractivity contribution is -0.888. The molecule has 21 heavy (non-hydrogen) atoms. The zero-order valence-corrected chi connectivity index (χ0v) is 12.9. The Bertz CT molecular complexity index is 534. The van der Waals surface area contributed by atoms with Crippen molar-refractivity contribution in [3.63, 3.8) is 0 Å². The first-order chi connectivity index (χ1) is 10.1. The topological polar surface area (TPSA) is 75.8 Å². The van der Waals surface area contributed by atoms with Gasteiger partial charge < -0.3 is 19.7 Å². The van der Waals surface area contributed by atoms with E-state index in [1.54, 1.807) is 12.1 Å². The Morgan fingerprint density at radius 3 is 2.29 bits per heavy atom. The van der Waals surface area contributed by atoms with Crippen molar-refractivity contribution in [3.8, 4) is 17.6 Å². The summed E-state index contributed by atoms with van der Waals surface area (Å²) in [4.78, 5) is 13.2. The number of hydrogen-bond donors (Lipinski definition) is 2. The standard InChI is InChI=1S/C15H21N3O3/c1-5-18(6-2)10-15(19)17-12-8-14(21-4)13(20-3)7-11(12)9-16/h7-8H,5-6,10H2,1-4H3,(H,17,19)/p+1. The Labute approximate surface area is 125 Å². The van der Waals surface area contributed by atoms with Crippen LogP contribution in [0.4, 0.5) is 5.69 Å². The lowest BCUT2D eigenvalue weighted by Gasteiger charge is -2.16. The average Bonchev–Trinajstić information content (AvgIpc) is 2.51. The number of anilines is 1. The number of likely N-dealkylation sites (N-methyl/N-ethyl adjacent to an activating group) is 1. The highest BCUT2D eigenvalue weighted by Gasteiger charge is 2.15. The lowest BCUT2D eigenvalue weighted by Crippen LogP contribution is -3.12. The molecule has 0 unspecified atom stereocenters. The quantitative estimate of drug-likeness (QED) is 0.764. The number of nitriles is 1. The van der Waals surface area contributed by atoms with Gasteiger partial charge in [0.25, 0.3) is 5.91 Å². The third-order valence-electron chi connectivity index (χ3n) is 3.33. The number of nitrogens with one attached hydrogen (secondary N) is 2. The Kier molecular flexibility index (Phi) is 6.50. The smallest absolute Gasteiger partial charge is 0.279 e. The molecule has 0 aromatic heterocycles. The van der Waals surface area contributed by atoms with Gasteiger partial charge in [-0.15, -0.1) is 0 Å². The molecule has 0 fully saturated rings. The van der Waals surface area contributed by atoms with Gasteiger partial charge in [-0.2, -0.15) is 5.26 Å². The molecule has 0 aliphatic heterocycles. The molecule has 1 amide bonds. The maximum atomic E-state index is 12.0. The molecule has 114 valence electrons. The molecule has 6 heteroatoms. The number of hydrogen-bond acceptors (Lipinski definition) is 4. The van der Waals surface area contributed by atoms with Crippen LogP contribution in [-0.2, 0) is 4.79 Å². The van der Waals surface area contributed by atoms with E-state index in [1.807, 2.05) is 13.8 Å². The second-order valence-electron chi connectivity index (χ2n) is 4.55. The van der Waals surface area contributed by atoms with Crippen molar-refractivity contribution in [2.45, 2.75) is 13.8 Å². The molecule has 0 spiro atoms. The van der Waals surface area contributed by atoms with Crippen LogP contribution in [0.1, 0.15) is 19.4 Å². The molecule has 1 rings (SSSR count). The van der Waals surface area contributed by atoms with Gasteiger partial charge in [-0.1, -0.05) is 0 Å². The SMILES string of the molecule is CC[NH+](CC)CC(=O)Nc1cc(OC)c(OC)cc1C#N. The summed E-state index contributed by atoms with van der Waals surface area (Å²) in [6.07, 6.45) is 0. The van der Waals surface area contributed by atoms with Gasteiger partial charge in [-0.3, -0.25) is 4.79 Å². The summed E-state index contributed by atoms with van der Waals surface area (Å²) >= 11 is 0. The monoisotopic (exact) mass is 292 g/mol. The van der Waals surface area contributed by atoms with E-state index in [0.717, 1.165) is 13.1 Å². The predicted octanol–water partition coefficient (Wildman–Crippen LogP) is 0.439. The van der Waals surface area contributed by atoms with Gasteiger partial charge in [-0.25, -0.2) is 0 Å². The van der Waals surface area contributed by atoms with Gasteiger partial charge in [0.2, 0.25) is 0 Å². The van der Waals surface area contributed by atoms with E-state index >= 15 is 0 Å². The van der Waals surface area contributed by atoms with Crippen molar-refractivity contribution in [2.75, 3.05) is 39.2 Å². The van der Waals surface area contributed by atoms with Crippen LogP contribution in [-0.4, -0.2) is 39.8 Å². The Hall–Kier alpha value is -2.26. The van der Waals surface area contributed by atoms with Crippen LogP contribution in [0, 0.1) is 11.3 Å². The van der Waals surface area contributed by atoms with Crippen LogP contribution in [0.3, 0.4) is 0 Å². The minimum absolute atomic E-state index is 0.127. The highest BCUT2D eigenvalue weighted by Crippen LogP contribution is 2.32. The molecule has 0 aliphatic rings. The largest absolute Gasteiger partial charge is 0.493 e. The Morgan fingerprint density at radius 1 is 1.24 bits per heavy atom. The number of nitrogens with zero attached hydrogens (tertiary/aromatic N) is 1. The number of methoxy groups -OCH3 is 2. The van der Waals surface area contributed by atoms with Crippen molar-refractivity contribution in [3.05, 3.63) is 17.7 Å². The van der Waals surface area contributed by atoms with Crippen LogP contribution in [0.25, 0.3) is 0 Å². The molecule has 0 radical (unpaired) electrons. The van der Waals surface area contributed by atoms with Crippen molar-refractivity contribution in [2.24, 2.45) is 0 Å². The van der Waals surface area contributed by atoms with Crippen LogP contribution in [0.5, 0.6) is 11.5 Å². The minimum Gasteiger partial charge on any atom is -0.493 e. The first kappa shape index (κ1) is 16.8. The van der Waals surface area contributed by atoms with Crippen molar-refractivity contribution >= 4 is 11.6 Å². The molecule has 0 saturated heterocycles. The highest BCUT2D eigenvalue weighted by atomic mass is 16.5. The fraction of sp³-hybridized carbons (Fsp3) is 0.467. The minimum atomic E-state index is -0.127. The van der Waals surface area contributed by atoms with E-state index in [1.165, 1.54) is 19.1 Å². The molecule has 0 saturated carbocycles. The normalized spacial score (nSPS) is 10.1. The second kappa shape index (κ2) is 8.12. The van der Waals surface area contributed by atoms with Crippen molar-refractivity contribution in [1.82, 2.24) is 0 Å². The van der Waals surface area contributed by atoms with E-state index in [2.05, 4.69) is 11.4 Å². The first-order valence-electron chi connectivity index (χ1n) is 6.89. The first-order valence-corrected chi connectivity index (χ1v) is 6.89. The molecular weight excluding hydrogens is 270 g/mol. The Morgan fingerprint density at radius 2 is 1.81 bits per heavy atom. The summed E-state index contributed by atoms with van der Waals surface area (Å²) in [5.74, 6) is 0.806. The highest BCUT2D eigenvalue weighted by molar-refractivity contribution is 5.93. The molecule has 2 N–H and O–H groups in total. The summed E-state index contributed by atoms with van der Waals surface area (Å²) < 4.78 is 10.3. The van der Waals surface area contributed by atoms with Gasteiger partial charge in [-0.05, 0) is 13.8 Å². The molecule has 0 bridgehead atoms. The summed E-state index contributed by atoms with van der Waals surface area (Å²) in [5, 5.41) is 12.0. The number of benzene rings is 1. The molecule has 1 aromatic carbocycles. The third-order valence-corrected chi connectivity index (χ3v) is 3.33. The number of amides is 1. The van der Waals surface area contributed by atoms with Gasteiger partial charge in [0.05, 0.1) is 38.6 Å². The molecule has 0 aliphatic carbocycles. The van der Waals surface area contributed by atoms with Gasteiger partial charge in [0.1, 0.15) is 6.07 Å². The fourth-order valence-electron chi connectivity index (χ4n) is 2.00. The fourth-order valence-corrected chi connectivity index (χ4v) is 2.00. The summed E-state index contributed by atoms with van der Waals surface area (Å²) in [5.41, 5.74) is 0.780. The number of carbonyl (C=O) groups is 1. The van der Waals surface area contributed by atoms with E-state index in [4.69, 9.17) is 9.47 Å². The number of ether oxygens (including phenoxy) is 2. The van der Waals surface area contributed by atoms with Gasteiger partial charge in [0.15, 0.2) is 18.0 Å². The summed E-state index contributed by atoms with van der Waals surface area (Å²) in [6, 6.07) is 5.21. The van der Waals surface area contributed by atoms with Gasteiger partial charge in [0, 0.05) is 12.1 Å². The van der Waals surface area contributed by atoms with Gasteiger partial charge >= 0.3 is 0 Å².